The van der Waals surface area contributed by atoms with Crippen molar-refractivity contribution in [1.82, 2.24) is 0 Å². The largest absolute Gasteiger partial charge is 0.343 e. The van der Waals surface area contributed by atoms with Crippen molar-refractivity contribution >= 4 is 38.9 Å². The Bertz CT molecular complexity index is 1590. The van der Waals surface area contributed by atoms with Gasteiger partial charge in [-0.2, -0.15) is 4.57 Å². The number of thiazole rings is 1. The minimum absolute atomic E-state index is 0.859. The summed E-state index contributed by atoms with van der Waals surface area (Å²) >= 11 is 1.84. The molecule has 4 heteroatoms. The first-order valence-corrected chi connectivity index (χ1v) is 12.7. The zero-order chi connectivity index (χ0) is 23.8. The number of allylic oxidation sites excluding steroid dienone is 2. The second kappa shape index (κ2) is 8.97. The number of benzene rings is 3. The van der Waals surface area contributed by atoms with Crippen LogP contribution in [0.4, 0.5) is 5.69 Å². The van der Waals surface area contributed by atoms with Crippen LogP contribution in [0.25, 0.3) is 33.0 Å². The Labute approximate surface area is 210 Å². The van der Waals surface area contributed by atoms with Gasteiger partial charge in [0.05, 0.1) is 0 Å². The number of nitrogens with zero attached hydrogens (tertiary/aromatic N) is 3. The molecule has 2 aromatic heterocycles. The molecule has 6 rings (SSSR count). The lowest BCUT2D eigenvalue weighted by Gasteiger charge is -2.27. The van der Waals surface area contributed by atoms with Crippen LogP contribution in [-0.4, -0.2) is 0 Å². The van der Waals surface area contributed by atoms with Crippen LogP contribution in [0, 0.1) is 0 Å². The van der Waals surface area contributed by atoms with Crippen LogP contribution in [0.1, 0.15) is 16.1 Å². The lowest BCUT2D eigenvalue weighted by Crippen LogP contribution is -2.29. The normalized spacial score (nSPS) is 14.0. The van der Waals surface area contributed by atoms with E-state index >= 15 is 0 Å². The summed E-state index contributed by atoms with van der Waals surface area (Å²) in [6, 6.07) is 30.4. The molecule has 0 fully saturated rings. The van der Waals surface area contributed by atoms with Crippen LogP contribution in [-0.2, 0) is 20.6 Å². The lowest BCUT2D eigenvalue weighted by molar-refractivity contribution is -0.671. The quantitative estimate of drug-likeness (QED) is 0.279. The number of hydrogen-bond donors (Lipinski definition) is 0. The Morgan fingerprint density at radius 2 is 1.69 bits per heavy atom. The number of rotatable bonds is 4. The third kappa shape index (κ3) is 4.17. The fourth-order valence-corrected chi connectivity index (χ4v) is 5.86. The van der Waals surface area contributed by atoms with E-state index in [2.05, 4.69) is 144 Å². The van der Waals surface area contributed by atoms with Gasteiger partial charge in [-0.3, -0.25) is 0 Å². The van der Waals surface area contributed by atoms with E-state index in [-0.39, 0.29) is 0 Å². The number of fused-ring (bicyclic) bond motifs is 2. The van der Waals surface area contributed by atoms with Crippen molar-refractivity contribution in [3.05, 3.63) is 126 Å². The maximum Gasteiger partial charge on any atom is 0.263 e. The summed E-state index contributed by atoms with van der Waals surface area (Å²) in [6.45, 7) is 0.859. The Balaban J connectivity index is 1.37. The molecule has 0 radical (unpaired) electrons. The van der Waals surface area contributed by atoms with Crippen molar-refractivity contribution in [3.8, 4) is 11.1 Å². The van der Waals surface area contributed by atoms with Crippen molar-refractivity contribution in [3.63, 3.8) is 0 Å². The zero-order valence-electron chi connectivity index (χ0n) is 19.9. The molecule has 170 valence electrons. The van der Waals surface area contributed by atoms with Gasteiger partial charge in [0.2, 0.25) is 5.52 Å². The summed E-state index contributed by atoms with van der Waals surface area (Å²) in [4.78, 5) is 2.33. The molecule has 0 unspecified atom stereocenters. The van der Waals surface area contributed by atoms with Gasteiger partial charge in [-0.15, -0.1) is 0 Å². The summed E-state index contributed by atoms with van der Waals surface area (Å²) in [6.07, 6.45) is 11.0. The summed E-state index contributed by atoms with van der Waals surface area (Å²) in [7, 11) is 4.22. The molecule has 3 heterocycles. The van der Waals surface area contributed by atoms with Crippen molar-refractivity contribution in [2.75, 3.05) is 4.90 Å². The first-order valence-electron chi connectivity index (χ1n) is 11.8. The molecule has 0 aliphatic carbocycles. The second-order valence-electron chi connectivity index (χ2n) is 8.99. The Kier molecular flexibility index (Phi) is 5.51. The van der Waals surface area contributed by atoms with Gasteiger partial charge in [0.1, 0.15) is 18.8 Å². The summed E-state index contributed by atoms with van der Waals surface area (Å²) in [5.74, 6) is 0. The molecule has 35 heavy (non-hydrogen) atoms. The Morgan fingerprint density at radius 1 is 0.857 bits per heavy atom. The zero-order valence-corrected chi connectivity index (χ0v) is 20.7. The van der Waals surface area contributed by atoms with Crippen LogP contribution < -0.4 is 14.0 Å². The van der Waals surface area contributed by atoms with Gasteiger partial charge in [-0.25, -0.2) is 4.57 Å². The van der Waals surface area contributed by atoms with Crippen LogP contribution in [0.2, 0.25) is 0 Å². The monoisotopic (exact) mass is 473 g/mol. The van der Waals surface area contributed by atoms with Gasteiger partial charge in [-0.05, 0) is 47.0 Å². The topological polar surface area (TPSA) is 11.0 Å². The molecule has 0 spiro atoms. The van der Waals surface area contributed by atoms with E-state index in [1.54, 1.807) is 0 Å². The molecule has 1 aliphatic rings. The molecule has 5 aromatic rings. The highest BCUT2D eigenvalue weighted by Gasteiger charge is 2.20. The van der Waals surface area contributed by atoms with Crippen molar-refractivity contribution in [2.24, 2.45) is 14.1 Å². The molecule has 1 aliphatic heterocycles. The summed E-state index contributed by atoms with van der Waals surface area (Å²) < 4.78 is 5.69. The minimum atomic E-state index is 0.859. The number of hydrogen-bond acceptors (Lipinski definition) is 2. The lowest BCUT2D eigenvalue weighted by atomic mass is 9.99. The highest BCUT2D eigenvalue weighted by molar-refractivity contribution is 7.19. The number of aromatic nitrogens is 2. The molecule has 0 saturated carbocycles. The van der Waals surface area contributed by atoms with E-state index < -0.39 is 0 Å². The standard InChI is InChI=1S/C31H27N3S/c1-32-17-8-11-26(22-32)24-14-15-29-30(19-24)35-31(33(29)2)20-25-16-18-34(21-23-9-4-3-5-10-23)28-13-7-6-12-27(25)28/h3-20,22H,21H2,1-2H3/q+2. The molecule has 0 N–H and O–H groups in total. The number of aryl methyl sites for hydroxylation is 2. The molecular formula is C31H27N3S+2. The van der Waals surface area contributed by atoms with Crippen LogP contribution in [0.5, 0.6) is 0 Å². The van der Waals surface area contributed by atoms with E-state index in [1.807, 2.05) is 11.3 Å². The number of anilines is 1. The smallest absolute Gasteiger partial charge is 0.263 e. The van der Waals surface area contributed by atoms with Crippen LogP contribution in [0.3, 0.4) is 0 Å². The fourth-order valence-electron chi connectivity index (χ4n) is 4.72. The van der Waals surface area contributed by atoms with Gasteiger partial charge in [0.25, 0.3) is 5.01 Å². The number of para-hydroxylation sites is 1. The summed E-state index contributed by atoms with van der Waals surface area (Å²) in [5, 5.41) is 1.24. The maximum absolute atomic E-state index is 2.33. The fraction of sp³-hybridized carbons (Fsp3) is 0.0968. The van der Waals surface area contributed by atoms with Gasteiger partial charge in [-0.1, -0.05) is 59.9 Å². The van der Waals surface area contributed by atoms with E-state index in [1.165, 1.54) is 48.7 Å². The average Bonchev–Trinajstić information content (AvgIpc) is 3.20. The maximum atomic E-state index is 2.33. The van der Waals surface area contributed by atoms with E-state index in [9.17, 15) is 0 Å². The molecule has 3 nitrogen and oxygen atoms in total. The van der Waals surface area contributed by atoms with E-state index in [0.29, 0.717) is 0 Å². The van der Waals surface area contributed by atoms with E-state index in [0.717, 1.165) is 6.54 Å². The van der Waals surface area contributed by atoms with Gasteiger partial charge < -0.3 is 4.90 Å². The van der Waals surface area contributed by atoms with E-state index in [4.69, 9.17) is 0 Å². The highest BCUT2D eigenvalue weighted by atomic mass is 32.1. The Hall–Kier alpha value is -4.02. The van der Waals surface area contributed by atoms with Crippen LogP contribution in [0.15, 0.2) is 110 Å². The molecule has 0 bridgehead atoms. The second-order valence-corrected chi connectivity index (χ2v) is 10.0. The third-order valence-corrected chi connectivity index (χ3v) is 7.72. The molecule has 0 atom stereocenters. The van der Waals surface area contributed by atoms with Gasteiger partial charge in [0, 0.05) is 47.8 Å². The van der Waals surface area contributed by atoms with Gasteiger partial charge >= 0.3 is 0 Å². The van der Waals surface area contributed by atoms with Crippen LogP contribution >= 0.6 is 11.3 Å². The predicted molar refractivity (Wildman–Crippen MR) is 146 cm³/mol. The number of pyridine rings is 1. The summed E-state index contributed by atoms with van der Waals surface area (Å²) in [5.41, 5.74) is 8.78. The molecule has 0 saturated heterocycles. The van der Waals surface area contributed by atoms with Crippen molar-refractivity contribution < 1.29 is 9.13 Å². The molecule has 0 amide bonds. The van der Waals surface area contributed by atoms with Crippen molar-refractivity contribution in [2.45, 2.75) is 6.54 Å². The predicted octanol–water partition coefficient (Wildman–Crippen LogP) is 6.29. The SMILES string of the molecule is C[n+]1cccc(-c2ccc3c(c2)sc(C=C2C=CN(Cc4ccccc4)c4ccccc42)[n+]3C)c1. The Morgan fingerprint density at radius 3 is 2.54 bits per heavy atom. The highest BCUT2D eigenvalue weighted by Crippen LogP contribution is 2.36. The average molecular weight is 474 g/mol. The first kappa shape index (κ1) is 21.5. The molecular weight excluding hydrogens is 446 g/mol. The molecule has 3 aromatic carbocycles. The van der Waals surface area contributed by atoms with Gasteiger partial charge in [0.15, 0.2) is 12.4 Å². The minimum Gasteiger partial charge on any atom is -0.343 e. The third-order valence-electron chi connectivity index (χ3n) is 6.57. The first-order chi connectivity index (χ1) is 17.2. The van der Waals surface area contributed by atoms with Crippen molar-refractivity contribution in [1.29, 1.82) is 0 Å².